The Balaban J connectivity index is 1.50. The first-order chi connectivity index (χ1) is 14.9. The zero-order chi connectivity index (χ0) is 22.1. The predicted octanol–water partition coefficient (Wildman–Crippen LogP) is 1.83. The summed E-state index contributed by atoms with van der Waals surface area (Å²) in [5, 5.41) is 4.57. The minimum absolute atomic E-state index is 0.105. The molecule has 4 rings (SSSR count). The summed E-state index contributed by atoms with van der Waals surface area (Å²) in [6.07, 6.45) is 5.48. The zero-order valence-electron chi connectivity index (χ0n) is 19.1. The average molecular weight is 430 g/mol. The van der Waals surface area contributed by atoms with Gasteiger partial charge in [0.25, 0.3) is 5.91 Å². The van der Waals surface area contributed by atoms with Crippen molar-refractivity contribution in [2.75, 3.05) is 32.7 Å². The Bertz CT molecular complexity index is 856. The van der Waals surface area contributed by atoms with Crippen LogP contribution >= 0.6 is 0 Å². The Morgan fingerprint density at radius 3 is 2.35 bits per heavy atom. The molecule has 170 valence electrons. The summed E-state index contributed by atoms with van der Waals surface area (Å²) >= 11 is 0. The molecule has 1 aromatic rings. The number of amides is 3. The van der Waals surface area contributed by atoms with E-state index in [1.807, 2.05) is 30.7 Å². The van der Waals surface area contributed by atoms with E-state index in [0.717, 1.165) is 49.8 Å². The number of piperidine rings is 1. The van der Waals surface area contributed by atoms with Gasteiger partial charge in [-0.25, -0.2) is 0 Å². The summed E-state index contributed by atoms with van der Waals surface area (Å²) in [6.45, 7) is 7.63. The average Bonchev–Trinajstić information content (AvgIpc) is 3.08. The monoisotopic (exact) mass is 429 g/mol. The quantitative estimate of drug-likeness (QED) is 0.715. The number of aryl methyl sites for hydroxylation is 1. The fraction of sp³-hybridized carbons (Fsp3) is 0.739. The first-order valence-electron chi connectivity index (χ1n) is 11.9. The molecule has 0 aromatic carbocycles. The van der Waals surface area contributed by atoms with Crippen molar-refractivity contribution in [1.82, 2.24) is 24.5 Å². The van der Waals surface area contributed by atoms with Gasteiger partial charge in [-0.05, 0) is 39.5 Å². The van der Waals surface area contributed by atoms with E-state index >= 15 is 0 Å². The van der Waals surface area contributed by atoms with Gasteiger partial charge in [-0.15, -0.1) is 0 Å². The van der Waals surface area contributed by atoms with Gasteiger partial charge in [0.15, 0.2) is 5.69 Å². The van der Waals surface area contributed by atoms with Crippen LogP contribution in [0.15, 0.2) is 0 Å². The van der Waals surface area contributed by atoms with Gasteiger partial charge in [-0.1, -0.05) is 6.42 Å². The minimum Gasteiger partial charge on any atom is -0.343 e. The second-order valence-corrected chi connectivity index (χ2v) is 9.14. The highest BCUT2D eigenvalue weighted by molar-refractivity contribution is 5.95. The summed E-state index contributed by atoms with van der Waals surface area (Å²) in [5.74, 6) is 0.275. The molecule has 0 radical (unpaired) electrons. The van der Waals surface area contributed by atoms with Crippen LogP contribution in [0.1, 0.15) is 67.7 Å². The highest BCUT2D eigenvalue weighted by Gasteiger charge is 2.37. The van der Waals surface area contributed by atoms with Gasteiger partial charge in [0.05, 0.1) is 5.92 Å². The lowest BCUT2D eigenvalue weighted by Crippen LogP contribution is -2.47. The first kappa shape index (κ1) is 21.8. The molecule has 2 fully saturated rings. The summed E-state index contributed by atoms with van der Waals surface area (Å²) in [4.78, 5) is 44.6. The van der Waals surface area contributed by atoms with Crippen LogP contribution in [0.25, 0.3) is 0 Å². The predicted molar refractivity (Wildman–Crippen MR) is 116 cm³/mol. The van der Waals surface area contributed by atoms with Crippen molar-refractivity contribution >= 4 is 17.7 Å². The third-order valence-corrected chi connectivity index (χ3v) is 7.34. The van der Waals surface area contributed by atoms with E-state index in [0.29, 0.717) is 45.0 Å². The minimum atomic E-state index is -0.145. The van der Waals surface area contributed by atoms with Gasteiger partial charge in [-0.2, -0.15) is 5.10 Å². The zero-order valence-corrected chi connectivity index (χ0v) is 19.1. The van der Waals surface area contributed by atoms with Crippen LogP contribution < -0.4 is 0 Å². The molecule has 1 saturated carbocycles. The molecule has 1 saturated heterocycles. The van der Waals surface area contributed by atoms with Gasteiger partial charge in [0.2, 0.25) is 11.8 Å². The lowest BCUT2D eigenvalue weighted by atomic mass is 9.84. The Hall–Kier alpha value is -2.38. The molecule has 2 aliphatic heterocycles. The number of hydrogen-bond acceptors (Lipinski definition) is 4. The van der Waals surface area contributed by atoms with Crippen LogP contribution in [0.2, 0.25) is 0 Å². The van der Waals surface area contributed by atoms with E-state index in [2.05, 4.69) is 5.10 Å². The number of rotatable bonds is 5. The normalized spacial score (nSPS) is 21.5. The fourth-order valence-electron chi connectivity index (χ4n) is 5.17. The third-order valence-electron chi connectivity index (χ3n) is 7.34. The smallest absolute Gasteiger partial charge is 0.274 e. The second-order valence-electron chi connectivity index (χ2n) is 9.14. The molecular formula is C23H35N5O3. The largest absolute Gasteiger partial charge is 0.343 e. The van der Waals surface area contributed by atoms with Crippen LogP contribution in [0.4, 0.5) is 0 Å². The van der Waals surface area contributed by atoms with Crippen LogP contribution in [0.5, 0.6) is 0 Å². The highest BCUT2D eigenvalue weighted by Crippen LogP contribution is 2.31. The van der Waals surface area contributed by atoms with Crippen molar-refractivity contribution in [1.29, 1.82) is 0 Å². The van der Waals surface area contributed by atoms with Crippen LogP contribution in [0.3, 0.4) is 0 Å². The molecule has 31 heavy (non-hydrogen) atoms. The molecule has 3 heterocycles. The van der Waals surface area contributed by atoms with Gasteiger partial charge in [0.1, 0.15) is 0 Å². The summed E-state index contributed by atoms with van der Waals surface area (Å²) in [6, 6.07) is 0. The lowest BCUT2D eigenvalue weighted by molar-refractivity contribution is -0.139. The number of likely N-dealkylation sites (tertiary alicyclic amines) is 1. The van der Waals surface area contributed by atoms with Crippen molar-refractivity contribution in [3.63, 3.8) is 0 Å². The molecule has 3 aliphatic rings. The number of hydrogen-bond donors (Lipinski definition) is 0. The molecular weight excluding hydrogens is 394 g/mol. The molecule has 1 aromatic heterocycles. The first-order valence-corrected chi connectivity index (χ1v) is 11.9. The van der Waals surface area contributed by atoms with Crippen molar-refractivity contribution < 1.29 is 14.4 Å². The molecule has 8 nitrogen and oxygen atoms in total. The van der Waals surface area contributed by atoms with Gasteiger partial charge in [0, 0.05) is 69.9 Å². The van der Waals surface area contributed by atoms with Crippen molar-refractivity contribution in [3.05, 3.63) is 17.0 Å². The number of aromatic nitrogens is 2. The topological polar surface area (TPSA) is 78.8 Å². The Kier molecular flexibility index (Phi) is 6.34. The van der Waals surface area contributed by atoms with Crippen LogP contribution in [0, 0.1) is 11.8 Å². The third kappa shape index (κ3) is 4.08. The fourth-order valence-corrected chi connectivity index (χ4v) is 5.17. The Morgan fingerprint density at radius 1 is 1.00 bits per heavy atom. The number of carbonyl (C=O) groups is 3. The lowest BCUT2D eigenvalue weighted by Gasteiger charge is -2.35. The summed E-state index contributed by atoms with van der Waals surface area (Å²) in [5.41, 5.74) is 2.40. The Morgan fingerprint density at radius 2 is 1.71 bits per heavy atom. The van der Waals surface area contributed by atoms with E-state index in [4.69, 9.17) is 0 Å². The van der Waals surface area contributed by atoms with Gasteiger partial charge >= 0.3 is 0 Å². The van der Waals surface area contributed by atoms with Gasteiger partial charge in [-0.3, -0.25) is 19.1 Å². The van der Waals surface area contributed by atoms with Gasteiger partial charge < -0.3 is 14.7 Å². The highest BCUT2D eigenvalue weighted by atomic mass is 16.2. The van der Waals surface area contributed by atoms with Crippen molar-refractivity contribution in [3.8, 4) is 0 Å². The van der Waals surface area contributed by atoms with E-state index in [9.17, 15) is 14.4 Å². The number of fused-ring (bicyclic) bond motifs is 1. The number of carbonyl (C=O) groups excluding carboxylic acids is 3. The maximum absolute atomic E-state index is 13.5. The van der Waals surface area contributed by atoms with Crippen LogP contribution in [-0.2, 0) is 29.6 Å². The maximum atomic E-state index is 13.5. The van der Waals surface area contributed by atoms with E-state index in [1.54, 1.807) is 9.58 Å². The number of nitrogens with zero attached hydrogens (tertiary/aromatic N) is 5. The van der Waals surface area contributed by atoms with E-state index < -0.39 is 0 Å². The van der Waals surface area contributed by atoms with Crippen molar-refractivity contribution in [2.24, 2.45) is 18.9 Å². The SMILES string of the molecule is CCN(CC)C(=O)C1CCCN(C(=O)c2nn(C)c3c2CN(C(=O)C2CCC2)CC3)C1. The molecule has 1 aliphatic carbocycles. The van der Waals surface area contributed by atoms with E-state index in [-0.39, 0.29) is 29.6 Å². The molecule has 1 unspecified atom stereocenters. The molecule has 1 atom stereocenters. The second kappa shape index (κ2) is 9.01. The standard InChI is InChI=1S/C23H35N5O3/c1-4-26(5-2)22(30)17-10-7-12-27(14-17)23(31)20-18-15-28(21(29)16-8-6-9-16)13-11-19(18)25(3)24-20/h16-17H,4-15H2,1-3H3. The summed E-state index contributed by atoms with van der Waals surface area (Å²) < 4.78 is 1.80. The molecule has 0 bridgehead atoms. The summed E-state index contributed by atoms with van der Waals surface area (Å²) in [7, 11) is 1.88. The maximum Gasteiger partial charge on any atom is 0.274 e. The molecule has 0 N–H and O–H groups in total. The van der Waals surface area contributed by atoms with E-state index in [1.165, 1.54) is 0 Å². The van der Waals surface area contributed by atoms with Crippen LogP contribution in [-0.4, -0.2) is 74.9 Å². The Labute approximate surface area is 184 Å². The molecule has 8 heteroatoms. The van der Waals surface area contributed by atoms with Crippen molar-refractivity contribution in [2.45, 2.75) is 58.9 Å². The molecule has 0 spiro atoms. The molecule has 3 amide bonds.